The van der Waals surface area contributed by atoms with Crippen molar-refractivity contribution in [2.75, 3.05) is 54.1 Å². The Labute approximate surface area is 293 Å². The Morgan fingerprint density at radius 2 is 1.12 bits per heavy atom. The van der Waals surface area contributed by atoms with Gasteiger partial charge in [0.05, 0.1) is 34.4 Å². The van der Waals surface area contributed by atoms with E-state index in [9.17, 15) is 14.3 Å². The van der Waals surface area contributed by atoms with Gasteiger partial charge in [-0.2, -0.15) is 0 Å². The lowest BCUT2D eigenvalue weighted by Crippen LogP contribution is -2.37. The summed E-state index contributed by atoms with van der Waals surface area (Å²) in [5.41, 5.74) is 0. The number of hydrogen-bond donors (Lipinski definition) is 1. The Morgan fingerprint density at radius 1 is 0.646 bits per heavy atom. The molecule has 8 nitrogen and oxygen atoms in total. The van der Waals surface area contributed by atoms with Crippen LogP contribution in [0.3, 0.4) is 0 Å². The van der Waals surface area contributed by atoms with Crippen LogP contribution in [0.15, 0.2) is 72.9 Å². The molecule has 9 heteroatoms. The number of phosphoric acid groups is 1. The SMILES string of the molecule is CC/C=C\C/C=C\C/C=C\C/C=C\C/C=C\C/C=C\CCCCCCCCCOCC(COP(=O)(O)OCC[N+](C)(C)C)OC(=O)CC. The van der Waals surface area contributed by atoms with Crippen molar-refractivity contribution in [3.63, 3.8) is 0 Å². The Kier molecular flexibility index (Phi) is 30.8. The molecule has 0 rings (SSSR count). The molecule has 0 aromatic carbocycles. The van der Waals surface area contributed by atoms with Gasteiger partial charge in [0.15, 0.2) is 0 Å². The number of rotatable bonds is 32. The van der Waals surface area contributed by atoms with Gasteiger partial charge in [0.2, 0.25) is 0 Å². The molecule has 0 aromatic heterocycles. The van der Waals surface area contributed by atoms with Gasteiger partial charge >= 0.3 is 13.8 Å². The lowest BCUT2D eigenvalue weighted by atomic mass is 10.1. The first-order valence-corrected chi connectivity index (χ1v) is 19.7. The number of carbonyl (C=O) groups excluding carboxylic acids is 1. The van der Waals surface area contributed by atoms with Crippen molar-refractivity contribution >= 4 is 13.8 Å². The third-order valence-corrected chi connectivity index (χ3v) is 8.07. The molecule has 0 saturated carbocycles. The molecule has 0 fully saturated rings. The molecule has 0 bridgehead atoms. The molecule has 0 aliphatic rings. The number of likely N-dealkylation sites (N-methyl/N-ethyl adjacent to an activating group) is 1. The Bertz CT molecular complexity index is 995. The minimum atomic E-state index is -4.24. The van der Waals surface area contributed by atoms with Crippen molar-refractivity contribution in [1.82, 2.24) is 0 Å². The molecule has 0 heterocycles. The van der Waals surface area contributed by atoms with E-state index in [2.05, 4.69) is 79.8 Å². The smallest absolute Gasteiger partial charge is 0.457 e. The highest BCUT2D eigenvalue weighted by Gasteiger charge is 2.26. The number of carbonyl (C=O) groups is 1. The zero-order chi connectivity index (χ0) is 35.6. The van der Waals surface area contributed by atoms with E-state index in [-0.39, 0.29) is 26.2 Å². The third-order valence-electron chi connectivity index (χ3n) is 7.09. The molecule has 2 unspecified atom stereocenters. The molecular weight excluding hydrogens is 625 g/mol. The molecule has 1 N–H and O–H groups in total. The largest absolute Gasteiger partial charge is 0.472 e. The average Bonchev–Trinajstić information content (AvgIpc) is 3.04. The molecule has 0 radical (unpaired) electrons. The first-order chi connectivity index (χ1) is 23.1. The van der Waals surface area contributed by atoms with Gasteiger partial charge in [0.1, 0.15) is 19.3 Å². The van der Waals surface area contributed by atoms with Crippen molar-refractivity contribution < 1.29 is 37.3 Å². The quantitative estimate of drug-likeness (QED) is 0.0246. The normalized spacial score (nSPS) is 14.9. The predicted molar refractivity (Wildman–Crippen MR) is 201 cm³/mol. The van der Waals surface area contributed by atoms with Crippen molar-refractivity contribution in [2.24, 2.45) is 0 Å². The Balaban J connectivity index is 3.80. The van der Waals surface area contributed by atoms with E-state index in [1.807, 2.05) is 21.1 Å². The second kappa shape index (κ2) is 32.2. The van der Waals surface area contributed by atoms with Crippen LogP contribution < -0.4 is 0 Å². The molecule has 0 saturated heterocycles. The van der Waals surface area contributed by atoms with Crippen molar-refractivity contribution in [3.05, 3.63) is 72.9 Å². The standard InChI is InChI=1S/C39H68NO7P/c1-6-8-9-10-11-12-13-14-15-16-17-18-19-20-21-22-23-24-25-26-27-28-29-30-31-32-34-44-36-38(47-39(41)7-2)37-46-48(42,43)45-35-33-40(3,4)5/h8-9,11-12,14-15,17-18,20-21,23-24,38H,6-7,10,13,16,19,22,25-37H2,1-5H3/p+1/b9-8-,12-11-,15-14-,18-17-,21-20-,24-23-. The number of nitrogens with zero attached hydrogens (tertiary/aromatic N) is 1. The number of ether oxygens (including phenoxy) is 2. The topological polar surface area (TPSA) is 91.3 Å². The van der Waals surface area contributed by atoms with Gasteiger partial charge in [0.25, 0.3) is 0 Å². The van der Waals surface area contributed by atoms with Gasteiger partial charge in [-0.25, -0.2) is 4.57 Å². The Morgan fingerprint density at radius 3 is 1.62 bits per heavy atom. The van der Waals surface area contributed by atoms with Crippen LogP contribution in [0.5, 0.6) is 0 Å². The van der Waals surface area contributed by atoms with Crippen molar-refractivity contribution in [2.45, 2.75) is 116 Å². The number of phosphoric ester groups is 1. The lowest BCUT2D eigenvalue weighted by molar-refractivity contribution is -0.870. The lowest BCUT2D eigenvalue weighted by Gasteiger charge is -2.24. The number of allylic oxidation sites excluding steroid dienone is 12. The molecule has 0 amide bonds. The summed E-state index contributed by atoms with van der Waals surface area (Å²) in [6.07, 6.45) is 41.6. The van der Waals surface area contributed by atoms with Gasteiger partial charge in [-0.05, 0) is 57.8 Å². The third kappa shape index (κ3) is 35.3. The Hall–Kier alpha value is -2.06. The summed E-state index contributed by atoms with van der Waals surface area (Å²) in [4.78, 5) is 21.7. The fourth-order valence-corrected chi connectivity index (χ4v) is 4.98. The molecule has 48 heavy (non-hydrogen) atoms. The number of quaternary nitrogens is 1. The minimum absolute atomic E-state index is 0.0800. The molecule has 0 aliphatic carbocycles. The zero-order valence-electron chi connectivity index (χ0n) is 30.9. The van der Waals surface area contributed by atoms with Crippen molar-refractivity contribution in [3.8, 4) is 0 Å². The number of hydrogen-bond acceptors (Lipinski definition) is 6. The van der Waals surface area contributed by atoms with Crippen LogP contribution in [-0.4, -0.2) is 75.6 Å². The van der Waals surface area contributed by atoms with E-state index in [1.54, 1.807) is 6.92 Å². The second-order valence-electron chi connectivity index (χ2n) is 12.8. The van der Waals surface area contributed by atoms with Gasteiger partial charge in [-0.3, -0.25) is 13.8 Å². The van der Waals surface area contributed by atoms with Crippen LogP contribution in [0.4, 0.5) is 0 Å². The van der Waals surface area contributed by atoms with Crippen LogP contribution >= 0.6 is 7.82 Å². The molecule has 0 aromatic rings. The molecular formula is C39H69NO7P+. The van der Waals surface area contributed by atoms with Crippen LogP contribution in [0.25, 0.3) is 0 Å². The first-order valence-electron chi connectivity index (χ1n) is 18.2. The molecule has 0 aliphatic heterocycles. The van der Waals surface area contributed by atoms with Crippen LogP contribution in [0, 0.1) is 0 Å². The summed E-state index contributed by atoms with van der Waals surface area (Å²) >= 11 is 0. The zero-order valence-corrected chi connectivity index (χ0v) is 31.8. The van der Waals surface area contributed by atoms with Gasteiger partial charge in [0, 0.05) is 13.0 Å². The van der Waals surface area contributed by atoms with E-state index in [1.165, 1.54) is 32.1 Å². The number of unbranched alkanes of at least 4 members (excludes halogenated alkanes) is 7. The second-order valence-corrected chi connectivity index (χ2v) is 14.3. The van der Waals surface area contributed by atoms with Gasteiger partial charge < -0.3 is 18.9 Å². The molecule has 2 atom stereocenters. The maximum atomic E-state index is 12.2. The van der Waals surface area contributed by atoms with E-state index in [0.29, 0.717) is 17.6 Å². The van der Waals surface area contributed by atoms with E-state index in [0.717, 1.165) is 57.8 Å². The maximum absolute atomic E-state index is 12.2. The fraction of sp³-hybridized carbons (Fsp3) is 0.667. The van der Waals surface area contributed by atoms with E-state index < -0.39 is 19.9 Å². The summed E-state index contributed by atoms with van der Waals surface area (Å²) < 4.78 is 33.9. The van der Waals surface area contributed by atoms with Crippen LogP contribution in [0.1, 0.15) is 110 Å². The minimum Gasteiger partial charge on any atom is -0.457 e. The first kappa shape index (κ1) is 45.9. The van der Waals surface area contributed by atoms with E-state index in [4.69, 9.17) is 18.5 Å². The fourth-order valence-electron chi connectivity index (χ4n) is 4.23. The van der Waals surface area contributed by atoms with Gasteiger partial charge in [-0.1, -0.05) is 119 Å². The monoisotopic (exact) mass is 694 g/mol. The van der Waals surface area contributed by atoms with Gasteiger partial charge in [-0.15, -0.1) is 0 Å². The van der Waals surface area contributed by atoms with Crippen LogP contribution in [-0.2, 0) is 27.9 Å². The van der Waals surface area contributed by atoms with Crippen LogP contribution in [0.2, 0.25) is 0 Å². The number of esters is 1. The van der Waals surface area contributed by atoms with Crippen molar-refractivity contribution in [1.29, 1.82) is 0 Å². The summed E-state index contributed by atoms with van der Waals surface area (Å²) in [5, 5.41) is 0. The highest BCUT2D eigenvalue weighted by Crippen LogP contribution is 2.43. The molecule has 0 spiro atoms. The highest BCUT2D eigenvalue weighted by atomic mass is 31.2. The summed E-state index contributed by atoms with van der Waals surface area (Å²) in [5.74, 6) is -0.410. The predicted octanol–water partition coefficient (Wildman–Crippen LogP) is 9.98. The molecule has 276 valence electrons. The highest BCUT2D eigenvalue weighted by molar-refractivity contribution is 7.47. The maximum Gasteiger partial charge on any atom is 0.472 e. The summed E-state index contributed by atoms with van der Waals surface area (Å²) in [6, 6.07) is 0. The summed E-state index contributed by atoms with van der Waals surface area (Å²) in [6.45, 7) is 4.87. The summed E-state index contributed by atoms with van der Waals surface area (Å²) in [7, 11) is 1.64. The van der Waals surface area contributed by atoms with E-state index >= 15 is 0 Å². The average molecular weight is 695 g/mol.